The van der Waals surface area contributed by atoms with Crippen LogP contribution in [0.25, 0.3) is 11.1 Å². The highest BCUT2D eigenvalue weighted by Crippen LogP contribution is 2.23. The minimum Gasteiger partial charge on any atom is -0.368 e. The topological polar surface area (TPSA) is 68.8 Å². The van der Waals surface area contributed by atoms with Crippen LogP contribution in [0.1, 0.15) is 5.56 Å². The van der Waals surface area contributed by atoms with E-state index >= 15 is 0 Å². The zero-order valence-corrected chi connectivity index (χ0v) is 12.0. The van der Waals surface area contributed by atoms with Gasteiger partial charge in [0.25, 0.3) is 0 Å². The van der Waals surface area contributed by atoms with E-state index in [2.05, 4.69) is 58.7 Å². The molecule has 2 aromatic carbocycles. The van der Waals surface area contributed by atoms with Crippen LogP contribution in [0.3, 0.4) is 0 Å². The molecule has 106 valence electrons. The van der Waals surface area contributed by atoms with Crippen LogP contribution in [0.4, 0.5) is 17.6 Å². The third-order valence-electron chi connectivity index (χ3n) is 3.29. The molecule has 0 radical (unpaired) electrons. The second-order valence-corrected chi connectivity index (χ2v) is 4.99. The zero-order valence-electron chi connectivity index (χ0n) is 12.0. The molecule has 5 nitrogen and oxygen atoms in total. The number of aryl methyl sites for hydroxylation is 2. The standard InChI is InChI=1S/C16H17N5/c1-11-4-3-5-13(10-11)12-6-8-14(9-7-12)18-16-19-15(17)21(2)20-16/h3-10H,1-2H3,(H3,17,18,19,20). The zero-order chi connectivity index (χ0) is 14.8. The van der Waals surface area contributed by atoms with Crippen molar-refractivity contribution in [2.75, 3.05) is 11.1 Å². The van der Waals surface area contributed by atoms with Crippen molar-refractivity contribution in [3.05, 3.63) is 54.1 Å². The van der Waals surface area contributed by atoms with Gasteiger partial charge in [-0.1, -0.05) is 42.0 Å². The molecular weight excluding hydrogens is 262 g/mol. The first-order chi connectivity index (χ1) is 10.1. The van der Waals surface area contributed by atoms with Crippen LogP contribution in [-0.2, 0) is 7.05 Å². The van der Waals surface area contributed by atoms with E-state index < -0.39 is 0 Å². The van der Waals surface area contributed by atoms with Crippen molar-refractivity contribution < 1.29 is 0 Å². The van der Waals surface area contributed by atoms with Gasteiger partial charge in [0, 0.05) is 12.7 Å². The maximum Gasteiger partial charge on any atom is 0.248 e. The number of aromatic nitrogens is 3. The monoisotopic (exact) mass is 279 g/mol. The molecule has 0 bridgehead atoms. The van der Waals surface area contributed by atoms with Gasteiger partial charge in [-0.25, -0.2) is 4.68 Å². The maximum atomic E-state index is 5.66. The molecule has 0 aliphatic rings. The molecule has 3 rings (SSSR count). The van der Waals surface area contributed by atoms with Crippen LogP contribution in [0.15, 0.2) is 48.5 Å². The van der Waals surface area contributed by atoms with Crippen LogP contribution in [0.5, 0.6) is 0 Å². The van der Waals surface area contributed by atoms with Crippen molar-refractivity contribution in [1.29, 1.82) is 0 Å². The molecule has 1 heterocycles. The molecule has 0 fully saturated rings. The van der Waals surface area contributed by atoms with Crippen LogP contribution >= 0.6 is 0 Å². The molecule has 3 N–H and O–H groups in total. The summed E-state index contributed by atoms with van der Waals surface area (Å²) >= 11 is 0. The molecule has 5 heteroatoms. The number of nitrogen functional groups attached to an aromatic ring is 1. The second-order valence-electron chi connectivity index (χ2n) is 4.99. The number of nitrogens with one attached hydrogen (secondary N) is 1. The fraction of sp³-hybridized carbons (Fsp3) is 0.125. The van der Waals surface area contributed by atoms with Gasteiger partial charge < -0.3 is 11.1 Å². The summed E-state index contributed by atoms with van der Waals surface area (Å²) in [5.41, 5.74) is 10.2. The Morgan fingerprint density at radius 2 is 1.81 bits per heavy atom. The average Bonchev–Trinajstić information content (AvgIpc) is 2.78. The van der Waals surface area contributed by atoms with E-state index in [1.807, 2.05) is 12.1 Å². The van der Waals surface area contributed by atoms with Crippen LogP contribution in [0.2, 0.25) is 0 Å². The van der Waals surface area contributed by atoms with Gasteiger partial charge in [0.2, 0.25) is 11.9 Å². The van der Waals surface area contributed by atoms with Crippen LogP contribution < -0.4 is 11.1 Å². The van der Waals surface area contributed by atoms with Crippen molar-refractivity contribution in [2.45, 2.75) is 6.92 Å². The Balaban J connectivity index is 1.81. The van der Waals surface area contributed by atoms with E-state index in [-0.39, 0.29) is 0 Å². The minimum atomic E-state index is 0.383. The third kappa shape index (κ3) is 2.86. The highest BCUT2D eigenvalue weighted by molar-refractivity contribution is 5.67. The van der Waals surface area contributed by atoms with Crippen LogP contribution in [0, 0.1) is 6.92 Å². The summed E-state index contributed by atoms with van der Waals surface area (Å²) in [6.45, 7) is 2.09. The van der Waals surface area contributed by atoms with E-state index in [0.29, 0.717) is 11.9 Å². The second kappa shape index (κ2) is 5.28. The first-order valence-electron chi connectivity index (χ1n) is 6.72. The summed E-state index contributed by atoms with van der Waals surface area (Å²) < 4.78 is 1.53. The third-order valence-corrected chi connectivity index (χ3v) is 3.29. The fourth-order valence-corrected chi connectivity index (χ4v) is 2.15. The number of anilines is 3. The Labute approximate surface area is 123 Å². The van der Waals surface area contributed by atoms with Gasteiger partial charge >= 0.3 is 0 Å². The molecule has 21 heavy (non-hydrogen) atoms. The Kier molecular flexibility index (Phi) is 3.31. The lowest BCUT2D eigenvalue weighted by Crippen LogP contribution is -1.97. The smallest absolute Gasteiger partial charge is 0.248 e. The average molecular weight is 279 g/mol. The molecule has 0 amide bonds. The summed E-state index contributed by atoms with van der Waals surface area (Å²) in [6.07, 6.45) is 0. The molecule has 0 aliphatic heterocycles. The summed E-state index contributed by atoms with van der Waals surface area (Å²) in [5.74, 6) is 0.882. The summed E-state index contributed by atoms with van der Waals surface area (Å²) in [7, 11) is 1.76. The molecule has 0 unspecified atom stereocenters. The van der Waals surface area contributed by atoms with E-state index in [1.165, 1.54) is 21.4 Å². The van der Waals surface area contributed by atoms with E-state index in [1.54, 1.807) is 7.05 Å². The summed E-state index contributed by atoms with van der Waals surface area (Å²) in [4.78, 5) is 4.12. The van der Waals surface area contributed by atoms with Gasteiger partial charge in [-0.2, -0.15) is 4.98 Å². The van der Waals surface area contributed by atoms with Crippen molar-refractivity contribution in [2.24, 2.45) is 7.05 Å². The number of hydrogen-bond donors (Lipinski definition) is 2. The predicted molar refractivity (Wildman–Crippen MR) is 85.3 cm³/mol. The lowest BCUT2D eigenvalue weighted by atomic mass is 10.0. The molecular formula is C16H17N5. The van der Waals surface area contributed by atoms with Crippen molar-refractivity contribution >= 4 is 17.6 Å². The van der Waals surface area contributed by atoms with Crippen LogP contribution in [-0.4, -0.2) is 14.8 Å². The van der Waals surface area contributed by atoms with Gasteiger partial charge in [-0.3, -0.25) is 0 Å². The van der Waals surface area contributed by atoms with Gasteiger partial charge in [0.15, 0.2) is 0 Å². The first-order valence-corrected chi connectivity index (χ1v) is 6.72. The Bertz CT molecular complexity index is 739. The van der Waals surface area contributed by atoms with Crippen molar-refractivity contribution in [3.8, 4) is 11.1 Å². The lowest BCUT2D eigenvalue weighted by molar-refractivity contribution is 0.781. The van der Waals surface area contributed by atoms with Crippen molar-refractivity contribution in [3.63, 3.8) is 0 Å². The number of nitrogens with zero attached hydrogens (tertiary/aromatic N) is 3. The largest absolute Gasteiger partial charge is 0.368 e. The van der Waals surface area contributed by atoms with E-state index in [0.717, 1.165) is 5.69 Å². The van der Waals surface area contributed by atoms with Gasteiger partial charge in [-0.05, 0) is 30.2 Å². The molecule has 0 saturated heterocycles. The molecule has 0 spiro atoms. The fourth-order valence-electron chi connectivity index (χ4n) is 2.15. The number of hydrogen-bond acceptors (Lipinski definition) is 4. The Hall–Kier alpha value is -2.82. The first kappa shape index (κ1) is 13.2. The highest BCUT2D eigenvalue weighted by Gasteiger charge is 2.04. The van der Waals surface area contributed by atoms with Gasteiger partial charge in [0.05, 0.1) is 0 Å². The number of nitrogens with two attached hydrogens (primary N) is 1. The van der Waals surface area contributed by atoms with Crippen molar-refractivity contribution in [1.82, 2.24) is 14.8 Å². The van der Waals surface area contributed by atoms with Gasteiger partial charge in [0.1, 0.15) is 0 Å². The minimum absolute atomic E-state index is 0.383. The molecule has 0 atom stereocenters. The molecule has 1 aromatic heterocycles. The lowest BCUT2D eigenvalue weighted by Gasteiger charge is -2.05. The summed E-state index contributed by atoms with van der Waals surface area (Å²) in [5, 5.41) is 7.30. The Morgan fingerprint density at radius 3 is 2.43 bits per heavy atom. The number of benzene rings is 2. The van der Waals surface area contributed by atoms with Gasteiger partial charge in [-0.15, -0.1) is 5.10 Å². The number of rotatable bonds is 3. The molecule has 3 aromatic rings. The van der Waals surface area contributed by atoms with E-state index in [4.69, 9.17) is 5.73 Å². The normalized spacial score (nSPS) is 10.6. The molecule has 0 saturated carbocycles. The summed E-state index contributed by atoms with van der Waals surface area (Å²) in [6, 6.07) is 16.6. The molecule has 0 aliphatic carbocycles. The van der Waals surface area contributed by atoms with E-state index in [9.17, 15) is 0 Å². The quantitative estimate of drug-likeness (QED) is 0.773. The maximum absolute atomic E-state index is 5.66. The highest BCUT2D eigenvalue weighted by atomic mass is 15.4. The Morgan fingerprint density at radius 1 is 1.05 bits per heavy atom. The SMILES string of the molecule is Cc1cccc(-c2ccc(Nc3nc(N)n(C)n3)cc2)c1. The predicted octanol–water partition coefficient (Wildman–Crippen LogP) is 3.12.